The number of hydrogen-bond donors (Lipinski definition) is 2. The van der Waals surface area contributed by atoms with Crippen molar-refractivity contribution >= 4 is 17.6 Å². The predicted molar refractivity (Wildman–Crippen MR) is 50.2 cm³/mol. The predicted octanol–water partition coefficient (Wildman–Crippen LogP) is 0.303. The molecule has 0 radical (unpaired) electrons. The summed E-state index contributed by atoms with van der Waals surface area (Å²) in [6, 6.07) is 8.93. The SMILES string of the molecule is COC(=O)C(=O)NNc1ccccc1. The zero-order chi connectivity index (χ0) is 10.4. The highest BCUT2D eigenvalue weighted by molar-refractivity contribution is 6.32. The van der Waals surface area contributed by atoms with E-state index in [0.29, 0.717) is 5.69 Å². The van der Waals surface area contributed by atoms with E-state index in [1.54, 1.807) is 24.3 Å². The van der Waals surface area contributed by atoms with Crippen LogP contribution >= 0.6 is 0 Å². The first-order chi connectivity index (χ1) is 6.74. The van der Waals surface area contributed by atoms with E-state index in [9.17, 15) is 9.59 Å². The average Bonchev–Trinajstić information content (AvgIpc) is 2.26. The maximum Gasteiger partial charge on any atom is 0.398 e. The van der Waals surface area contributed by atoms with E-state index in [1.165, 1.54) is 0 Å². The number of benzene rings is 1. The Labute approximate surface area is 81.0 Å². The van der Waals surface area contributed by atoms with Crippen LogP contribution in [0.5, 0.6) is 0 Å². The number of amides is 1. The number of carbonyl (C=O) groups is 2. The molecule has 0 heterocycles. The number of esters is 1. The van der Waals surface area contributed by atoms with Crippen LogP contribution in [0, 0.1) is 0 Å². The average molecular weight is 194 g/mol. The maximum absolute atomic E-state index is 10.9. The van der Waals surface area contributed by atoms with E-state index in [1.807, 2.05) is 6.07 Å². The summed E-state index contributed by atoms with van der Waals surface area (Å²) >= 11 is 0. The van der Waals surface area contributed by atoms with Gasteiger partial charge in [0.05, 0.1) is 12.8 Å². The van der Waals surface area contributed by atoms with Crippen LogP contribution in [0.3, 0.4) is 0 Å². The van der Waals surface area contributed by atoms with Crippen molar-refractivity contribution in [3.05, 3.63) is 30.3 Å². The van der Waals surface area contributed by atoms with Crippen molar-refractivity contribution < 1.29 is 14.3 Å². The first-order valence-corrected chi connectivity index (χ1v) is 3.93. The van der Waals surface area contributed by atoms with Crippen LogP contribution in [0.25, 0.3) is 0 Å². The third-order valence-electron chi connectivity index (χ3n) is 1.46. The van der Waals surface area contributed by atoms with Gasteiger partial charge in [0.15, 0.2) is 0 Å². The van der Waals surface area contributed by atoms with Crippen molar-refractivity contribution in [2.45, 2.75) is 0 Å². The molecule has 0 aromatic heterocycles. The molecule has 74 valence electrons. The lowest BCUT2D eigenvalue weighted by atomic mass is 10.3. The van der Waals surface area contributed by atoms with Crippen molar-refractivity contribution in [1.29, 1.82) is 0 Å². The van der Waals surface area contributed by atoms with Gasteiger partial charge in [-0.05, 0) is 12.1 Å². The fraction of sp³-hybridized carbons (Fsp3) is 0.111. The molecular weight excluding hydrogens is 184 g/mol. The van der Waals surface area contributed by atoms with Crippen molar-refractivity contribution in [1.82, 2.24) is 5.43 Å². The van der Waals surface area contributed by atoms with Gasteiger partial charge in [0.25, 0.3) is 0 Å². The molecule has 5 nitrogen and oxygen atoms in total. The normalized spacial score (nSPS) is 8.93. The Morgan fingerprint density at radius 2 is 1.86 bits per heavy atom. The fourth-order valence-electron chi connectivity index (χ4n) is 0.794. The summed E-state index contributed by atoms with van der Waals surface area (Å²) in [5.41, 5.74) is 5.43. The number of methoxy groups -OCH3 is 1. The minimum atomic E-state index is -0.937. The Balaban J connectivity index is 2.42. The highest BCUT2D eigenvalue weighted by Crippen LogP contribution is 2.02. The molecule has 0 saturated heterocycles. The summed E-state index contributed by atoms with van der Waals surface area (Å²) in [5, 5.41) is 0. The second-order valence-electron chi connectivity index (χ2n) is 2.44. The Kier molecular flexibility index (Phi) is 3.49. The summed E-state index contributed by atoms with van der Waals surface area (Å²) < 4.78 is 4.21. The van der Waals surface area contributed by atoms with Gasteiger partial charge in [-0.2, -0.15) is 0 Å². The maximum atomic E-state index is 10.9. The molecule has 0 atom stereocenters. The van der Waals surface area contributed by atoms with Gasteiger partial charge < -0.3 is 4.74 Å². The monoisotopic (exact) mass is 194 g/mol. The van der Waals surface area contributed by atoms with Crippen LogP contribution in [0.15, 0.2) is 30.3 Å². The van der Waals surface area contributed by atoms with E-state index in [4.69, 9.17) is 0 Å². The van der Waals surface area contributed by atoms with E-state index < -0.39 is 11.9 Å². The van der Waals surface area contributed by atoms with Gasteiger partial charge in [-0.25, -0.2) is 4.79 Å². The van der Waals surface area contributed by atoms with Crippen molar-refractivity contribution in [2.24, 2.45) is 0 Å². The number of rotatable bonds is 2. The Morgan fingerprint density at radius 3 is 2.43 bits per heavy atom. The zero-order valence-electron chi connectivity index (χ0n) is 7.61. The molecule has 0 spiro atoms. The number of ether oxygens (including phenoxy) is 1. The smallest absolute Gasteiger partial charge is 0.398 e. The molecule has 0 bridgehead atoms. The summed E-state index contributed by atoms with van der Waals surface area (Å²) in [4.78, 5) is 21.6. The second kappa shape index (κ2) is 4.86. The summed E-state index contributed by atoms with van der Waals surface area (Å²) in [7, 11) is 1.14. The van der Waals surface area contributed by atoms with E-state index >= 15 is 0 Å². The van der Waals surface area contributed by atoms with Gasteiger partial charge in [0.2, 0.25) is 0 Å². The fourth-order valence-corrected chi connectivity index (χ4v) is 0.794. The van der Waals surface area contributed by atoms with Gasteiger partial charge >= 0.3 is 11.9 Å². The van der Waals surface area contributed by atoms with Gasteiger partial charge in [0.1, 0.15) is 0 Å². The number of hydrazine groups is 1. The molecule has 0 unspecified atom stereocenters. The molecule has 2 N–H and O–H groups in total. The largest absolute Gasteiger partial charge is 0.462 e. The third-order valence-corrected chi connectivity index (χ3v) is 1.46. The third kappa shape index (κ3) is 2.78. The standard InChI is InChI=1S/C9H10N2O3/c1-14-9(13)8(12)11-10-7-5-3-2-4-6-7/h2-6,10H,1H3,(H,11,12). The van der Waals surface area contributed by atoms with Gasteiger partial charge in [-0.1, -0.05) is 18.2 Å². The number of para-hydroxylation sites is 1. The molecule has 1 rings (SSSR count). The molecule has 14 heavy (non-hydrogen) atoms. The summed E-state index contributed by atoms with van der Waals surface area (Å²) in [6.45, 7) is 0. The minimum absolute atomic E-state index is 0.685. The van der Waals surface area contributed by atoms with Crippen molar-refractivity contribution in [3.63, 3.8) is 0 Å². The van der Waals surface area contributed by atoms with Crippen LogP contribution in [0.1, 0.15) is 0 Å². The zero-order valence-corrected chi connectivity index (χ0v) is 7.61. The van der Waals surface area contributed by atoms with Gasteiger partial charge in [0, 0.05) is 0 Å². The number of carbonyl (C=O) groups excluding carboxylic acids is 2. The highest BCUT2D eigenvalue weighted by atomic mass is 16.5. The summed E-state index contributed by atoms with van der Waals surface area (Å²) in [5.74, 6) is -1.77. The lowest BCUT2D eigenvalue weighted by Gasteiger charge is -2.06. The molecule has 0 aliphatic heterocycles. The Hall–Kier alpha value is -2.04. The topological polar surface area (TPSA) is 67.4 Å². The molecule has 1 amide bonds. The molecule has 0 aliphatic rings. The van der Waals surface area contributed by atoms with Crippen LogP contribution in [0.2, 0.25) is 0 Å². The lowest BCUT2D eigenvalue weighted by Crippen LogP contribution is -2.35. The molecule has 0 fully saturated rings. The first kappa shape index (κ1) is 10.0. The second-order valence-corrected chi connectivity index (χ2v) is 2.44. The van der Waals surface area contributed by atoms with Gasteiger partial charge in [-0.3, -0.25) is 15.6 Å². The number of anilines is 1. The van der Waals surface area contributed by atoms with Crippen molar-refractivity contribution in [2.75, 3.05) is 12.5 Å². The van der Waals surface area contributed by atoms with E-state index in [0.717, 1.165) is 7.11 Å². The van der Waals surface area contributed by atoms with E-state index in [2.05, 4.69) is 15.6 Å². The highest BCUT2D eigenvalue weighted by Gasteiger charge is 2.12. The van der Waals surface area contributed by atoms with E-state index in [-0.39, 0.29) is 0 Å². The molecule has 0 saturated carbocycles. The molecule has 0 aliphatic carbocycles. The molecule has 5 heteroatoms. The Bertz CT molecular complexity index is 324. The first-order valence-electron chi connectivity index (χ1n) is 3.93. The van der Waals surface area contributed by atoms with Crippen molar-refractivity contribution in [3.8, 4) is 0 Å². The number of hydrogen-bond acceptors (Lipinski definition) is 4. The molecule has 1 aromatic rings. The molecule has 1 aromatic carbocycles. The lowest BCUT2D eigenvalue weighted by molar-refractivity contribution is -0.152. The van der Waals surface area contributed by atoms with Gasteiger partial charge in [-0.15, -0.1) is 0 Å². The summed E-state index contributed by atoms with van der Waals surface area (Å²) in [6.07, 6.45) is 0. The number of nitrogens with one attached hydrogen (secondary N) is 2. The van der Waals surface area contributed by atoms with Crippen LogP contribution in [-0.4, -0.2) is 19.0 Å². The van der Waals surface area contributed by atoms with Crippen LogP contribution in [0.4, 0.5) is 5.69 Å². The minimum Gasteiger partial charge on any atom is -0.462 e. The quantitative estimate of drug-likeness (QED) is 0.403. The van der Waals surface area contributed by atoms with Crippen LogP contribution in [-0.2, 0) is 14.3 Å². The molecular formula is C9H10N2O3. The van der Waals surface area contributed by atoms with Crippen LogP contribution < -0.4 is 10.9 Å². The Morgan fingerprint density at radius 1 is 1.21 bits per heavy atom.